The largest absolute Gasteiger partial charge is 0.497 e. The lowest BCUT2D eigenvalue weighted by molar-refractivity contribution is -0.114. The van der Waals surface area contributed by atoms with E-state index in [1.54, 1.807) is 48.8 Å². The number of nitrogens with zero attached hydrogens (tertiary/aromatic N) is 2. The number of ether oxygens (including phenoxy) is 2. The minimum atomic E-state index is -0.446. The molecule has 0 saturated carbocycles. The smallest absolute Gasteiger partial charge is 0.243 e. The van der Waals surface area contributed by atoms with Crippen LogP contribution in [0.15, 0.2) is 54.9 Å². The lowest BCUT2D eigenvalue weighted by Gasteiger charge is -2.13. The highest BCUT2D eigenvalue weighted by Gasteiger charge is 2.10. The highest BCUT2D eigenvalue weighted by molar-refractivity contribution is 5.95. The summed E-state index contributed by atoms with van der Waals surface area (Å²) >= 11 is 0. The zero-order chi connectivity index (χ0) is 19.2. The summed E-state index contributed by atoms with van der Waals surface area (Å²) in [6, 6.07) is 11.4. The Bertz CT molecular complexity index is 929. The van der Waals surface area contributed by atoms with E-state index in [0.29, 0.717) is 28.6 Å². The predicted molar refractivity (Wildman–Crippen MR) is 100 cm³/mol. The summed E-state index contributed by atoms with van der Waals surface area (Å²) in [7, 11) is 3.05. The second-order valence-electron chi connectivity index (χ2n) is 5.58. The Balaban J connectivity index is 1.63. The lowest BCUT2D eigenvalue weighted by atomic mass is 10.2. The van der Waals surface area contributed by atoms with Crippen LogP contribution in [0.3, 0.4) is 0 Å². The molecule has 3 aromatic rings. The standard InChI is InChI=1S/C19H19FN4O3/c1-26-14-5-7-18(27-2)16(11-14)23-19(25)12-21-13-4-6-17(15(20)10-13)24-9-3-8-22-24/h3-11,21H,12H2,1-2H3,(H,23,25). The Kier molecular flexibility index (Phi) is 5.55. The highest BCUT2D eigenvalue weighted by Crippen LogP contribution is 2.28. The molecular formula is C19H19FN4O3. The molecule has 0 unspecified atom stereocenters. The third-order valence-electron chi connectivity index (χ3n) is 3.83. The van der Waals surface area contributed by atoms with Crippen molar-refractivity contribution in [1.29, 1.82) is 0 Å². The van der Waals surface area contributed by atoms with Crippen molar-refractivity contribution < 1.29 is 18.7 Å². The number of hydrogen-bond donors (Lipinski definition) is 2. The molecule has 0 saturated heterocycles. The molecular weight excluding hydrogens is 351 g/mol. The lowest BCUT2D eigenvalue weighted by Crippen LogP contribution is -2.22. The number of anilines is 2. The van der Waals surface area contributed by atoms with E-state index in [4.69, 9.17) is 9.47 Å². The normalized spacial score (nSPS) is 10.3. The summed E-state index contributed by atoms with van der Waals surface area (Å²) in [5, 5.41) is 9.63. The molecule has 140 valence electrons. The van der Waals surface area contributed by atoms with Crippen molar-refractivity contribution in [1.82, 2.24) is 9.78 Å². The van der Waals surface area contributed by atoms with Crippen molar-refractivity contribution in [3.8, 4) is 17.2 Å². The number of hydrogen-bond acceptors (Lipinski definition) is 5. The molecule has 0 bridgehead atoms. The van der Waals surface area contributed by atoms with Gasteiger partial charge in [-0.2, -0.15) is 5.10 Å². The van der Waals surface area contributed by atoms with E-state index in [1.807, 2.05) is 0 Å². The topological polar surface area (TPSA) is 77.4 Å². The van der Waals surface area contributed by atoms with Crippen molar-refractivity contribution in [3.63, 3.8) is 0 Å². The number of aromatic nitrogens is 2. The van der Waals surface area contributed by atoms with Crippen LogP contribution >= 0.6 is 0 Å². The van der Waals surface area contributed by atoms with Gasteiger partial charge in [0.25, 0.3) is 0 Å². The molecule has 1 heterocycles. The van der Waals surface area contributed by atoms with Crippen LogP contribution < -0.4 is 20.1 Å². The summed E-state index contributed by atoms with van der Waals surface area (Å²) < 4.78 is 26.0. The van der Waals surface area contributed by atoms with Gasteiger partial charge in [0.15, 0.2) is 5.82 Å². The second-order valence-corrected chi connectivity index (χ2v) is 5.58. The van der Waals surface area contributed by atoms with E-state index in [2.05, 4.69) is 15.7 Å². The van der Waals surface area contributed by atoms with E-state index in [0.717, 1.165) is 0 Å². The minimum Gasteiger partial charge on any atom is -0.497 e. The van der Waals surface area contributed by atoms with Gasteiger partial charge >= 0.3 is 0 Å². The Morgan fingerprint density at radius 2 is 2.04 bits per heavy atom. The van der Waals surface area contributed by atoms with E-state index < -0.39 is 5.82 Å². The first kappa shape index (κ1) is 18.2. The van der Waals surface area contributed by atoms with Gasteiger partial charge in [0.2, 0.25) is 5.91 Å². The van der Waals surface area contributed by atoms with Crippen LogP contribution in [-0.4, -0.2) is 36.5 Å². The first-order valence-corrected chi connectivity index (χ1v) is 8.16. The molecule has 2 aromatic carbocycles. The molecule has 3 rings (SSSR count). The molecule has 0 aliphatic heterocycles. The number of methoxy groups -OCH3 is 2. The van der Waals surface area contributed by atoms with Crippen molar-refractivity contribution in [3.05, 3.63) is 60.7 Å². The zero-order valence-electron chi connectivity index (χ0n) is 14.9. The van der Waals surface area contributed by atoms with Gasteiger partial charge in [0.05, 0.1) is 26.5 Å². The Morgan fingerprint density at radius 3 is 2.70 bits per heavy atom. The maximum atomic E-state index is 14.2. The minimum absolute atomic E-state index is 0.0408. The van der Waals surface area contributed by atoms with Gasteiger partial charge in [0.1, 0.15) is 17.2 Å². The maximum absolute atomic E-state index is 14.2. The summed E-state index contributed by atoms with van der Waals surface area (Å²) in [6.45, 7) is -0.0408. The van der Waals surface area contributed by atoms with E-state index in [9.17, 15) is 9.18 Å². The van der Waals surface area contributed by atoms with Crippen molar-refractivity contribution in [2.45, 2.75) is 0 Å². The molecule has 1 aromatic heterocycles. The van der Waals surface area contributed by atoms with Gasteiger partial charge in [-0.25, -0.2) is 9.07 Å². The third-order valence-corrected chi connectivity index (χ3v) is 3.83. The summed E-state index contributed by atoms with van der Waals surface area (Å²) in [5.74, 6) is 0.353. The average molecular weight is 370 g/mol. The maximum Gasteiger partial charge on any atom is 0.243 e. The van der Waals surface area contributed by atoms with Gasteiger partial charge in [0, 0.05) is 24.1 Å². The number of carbonyl (C=O) groups excluding carboxylic acids is 1. The number of carbonyl (C=O) groups is 1. The Morgan fingerprint density at radius 1 is 1.19 bits per heavy atom. The second kappa shape index (κ2) is 8.22. The molecule has 0 spiro atoms. The van der Waals surface area contributed by atoms with Gasteiger partial charge in [-0.1, -0.05) is 0 Å². The molecule has 8 heteroatoms. The third kappa shape index (κ3) is 4.35. The number of rotatable bonds is 7. The fourth-order valence-electron chi connectivity index (χ4n) is 2.50. The first-order valence-electron chi connectivity index (χ1n) is 8.16. The molecule has 0 fully saturated rings. The Labute approximate surface area is 155 Å². The highest BCUT2D eigenvalue weighted by atomic mass is 19.1. The molecule has 0 aliphatic rings. The van der Waals surface area contributed by atoms with Crippen LogP contribution in [0.2, 0.25) is 0 Å². The first-order chi connectivity index (χ1) is 13.1. The molecule has 7 nitrogen and oxygen atoms in total. The summed E-state index contributed by atoms with van der Waals surface area (Å²) in [4.78, 5) is 12.2. The molecule has 0 radical (unpaired) electrons. The van der Waals surface area contributed by atoms with Gasteiger partial charge < -0.3 is 20.1 Å². The summed E-state index contributed by atoms with van der Waals surface area (Å²) in [6.07, 6.45) is 3.23. The van der Waals surface area contributed by atoms with Crippen LogP contribution in [0.4, 0.5) is 15.8 Å². The number of nitrogens with one attached hydrogen (secondary N) is 2. The fraction of sp³-hybridized carbons (Fsp3) is 0.158. The molecule has 0 atom stereocenters. The van der Waals surface area contributed by atoms with E-state index in [-0.39, 0.29) is 12.5 Å². The fourth-order valence-corrected chi connectivity index (χ4v) is 2.50. The SMILES string of the molecule is COc1ccc(OC)c(NC(=O)CNc2ccc(-n3cccn3)c(F)c2)c1. The van der Waals surface area contributed by atoms with Crippen LogP contribution in [0, 0.1) is 5.82 Å². The van der Waals surface area contributed by atoms with Crippen LogP contribution in [0.5, 0.6) is 11.5 Å². The summed E-state index contributed by atoms with van der Waals surface area (Å²) in [5.41, 5.74) is 1.30. The van der Waals surface area contributed by atoms with Gasteiger partial charge in [-0.05, 0) is 36.4 Å². The molecule has 0 aliphatic carbocycles. The van der Waals surface area contributed by atoms with Crippen LogP contribution in [0.25, 0.3) is 5.69 Å². The molecule has 1 amide bonds. The average Bonchev–Trinajstić information content (AvgIpc) is 3.20. The van der Waals surface area contributed by atoms with Gasteiger partial charge in [-0.15, -0.1) is 0 Å². The van der Waals surface area contributed by atoms with Crippen molar-refractivity contribution >= 4 is 17.3 Å². The van der Waals surface area contributed by atoms with Crippen LogP contribution in [-0.2, 0) is 4.79 Å². The monoisotopic (exact) mass is 370 g/mol. The Hall–Kier alpha value is -3.55. The molecule has 2 N–H and O–H groups in total. The van der Waals surface area contributed by atoms with E-state index in [1.165, 1.54) is 25.0 Å². The van der Waals surface area contributed by atoms with Crippen molar-refractivity contribution in [2.24, 2.45) is 0 Å². The number of benzene rings is 2. The quantitative estimate of drug-likeness (QED) is 0.668. The van der Waals surface area contributed by atoms with Crippen molar-refractivity contribution in [2.75, 3.05) is 31.4 Å². The molecule has 27 heavy (non-hydrogen) atoms. The number of halogens is 1. The predicted octanol–water partition coefficient (Wildman–Crippen LogP) is 3.08. The zero-order valence-corrected chi connectivity index (χ0v) is 14.9. The van der Waals surface area contributed by atoms with E-state index >= 15 is 0 Å². The van der Waals surface area contributed by atoms with Crippen LogP contribution in [0.1, 0.15) is 0 Å². The number of amides is 1. The van der Waals surface area contributed by atoms with Gasteiger partial charge in [-0.3, -0.25) is 4.79 Å².